The molecule has 0 saturated heterocycles. The lowest BCUT2D eigenvalue weighted by Gasteiger charge is -2.18. The minimum atomic E-state index is -1.45. The minimum Gasteiger partial charge on any atom is -0.481 e. The second-order valence-electron chi connectivity index (χ2n) is 3.77. The van der Waals surface area contributed by atoms with Crippen LogP contribution in [0.3, 0.4) is 0 Å². The number of aliphatic carboxylic acids is 2. The number of nitrogens with one attached hydrogen (secondary N) is 1. The van der Waals surface area contributed by atoms with Crippen LogP contribution in [0.15, 0.2) is 0 Å². The summed E-state index contributed by atoms with van der Waals surface area (Å²) in [5.41, 5.74) is 5.49. The molecule has 92 valence electrons. The summed E-state index contributed by atoms with van der Waals surface area (Å²) < 4.78 is 0. The normalized spacial score (nSPS) is 14.2. The van der Waals surface area contributed by atoms with Crippen LogP contribution in [0.1, 0.15) is 20.3 Å². The van der Waals surface area contributed by atoms with Crippen molar-refractivity contribution in [2.75, 3.05) is 0 Å². The number of carbonyl (C=O) groups is 3. The van der Waals surface area contributed by atoms with Gasteiger partial charge in [-0.2, -0.15) is 0 Å². The maximum absolute atomic E-state index is 11.4. The Bertz CT molecular complexity index is 290. The Balaban J connectivity index is 4.46. The molecule has 0 saturated carbocycles. The first kappa shape index (κ1) is 14.4. The van der Waals surface area contributed by atoms with Crippen molar-refractivity contribution in [1.29, 1.82) is 0 Å². The lowest BCUT2D eigenvalue weighted by atomic mass is 10.0. The summed E-state index contributed by atoms with van der Waals surface area (Å²) in [4.78, 5) is 32.4. The van der Waals surface area contributed by atoms with E-state index in [1.54, 1.807) is 13.8 Å². The third-order valence-electron chi connectivity index (χ3n) is 2.01. The van der Waals surface area contributed by atoms with Gasteiger partial charge in [0.05, 0.1) is 12.5 Å². The van der Waals surface area contributed by atoms with Crippen molar-refractivity contribution in [3.8, 4) is 0 Å². The Morgan fingerprint density at radius 2 is 1.75 bits per heavy atom. The van der Waals surface area contributed by atoms with E-state index in [0.29, 0.717) is 0 Å². The third-order valence-corrected chi connectivity index (χ3v) is 2.01. The van der Waals surface area contributed by atoms with Crippen LogP contribution < -0.4 is 11.1 Å². The fourth-order valence-corrected chi connectivity index (χ4v) is 0.945. The van der Waals surface area contributed by atoms with E-state index in [-0.39, 0.29) is 5.92 Å². The molecule has 1 unspecified atom stereocenters. The Labute approximate surface area is 92.6 Å². The minimum absolute atomic E-state index is 0.153. The number of carbonyl (C=O) groups excluding carboxylic acids is 1. The number of carboxylic acid groups (broad SMARTS) is 2. The molecule has 0 aliphatic carbocycles. The number of hydrogen-bond acceptors (Lipinski definition) is 4. The molecule has 1 amide bonds. The summed E-state index contributed by atoms with van der Waals surface area (Å²) in [6.07, 6.45) is -0.675. The van der Waals surface area contributed by atoms with Crippen molar-refractivity contribution < 1.29 is 24.6 Å². The Hall–Kier alpha value is -1.63. The molecule has 0 fully saturated rings. The predicted molar refractivity (Wildman–Crippen MR) is 54.6 cm³/mol. The molecule has 2 atom stereocenters. The topological polar surface area (TPSA) is 130 Å². The van der Waals surface area contributed by atoms with Gasteiger partial charge in [0.25, 0.3) is 0 Å². The predicted octanol–water partition coefficient (Wildman–Crippen LogP) is -0.986. The fraction of sp³-hybridized carbons (Fsp3) is 0.667. The highest BCUT2D eigenvalue weighted by Gasteiger charge is 2.26. The second kappa shape index (κ2) is 6.06. The number of carboxylic acids is 2. The average molecular weight is 232 g/mol. The largest absolute Gasteiger partial charge is 0.481 e. The molecule has 0 aliphatic rings. The van der Waals surface area contributed by atoms with Crippen LogP contribution in [-0.4, -0.2) is 40.1 Å². The van der Waals surface area contributed by atoms with Gasteiger partial charge in [-0.05, 0) is 5.92 Å². The third kappa shape index (κ3) is 4.74. The van der Waals surface area contributed by atoms with Crippen LogP contribution >= 0.6 is 0 Å². The molecule has 0 bridgehead atoms. The number of rotatable bonds is 6. The van der Waals surface area contributed by atoms with Crippen LogP contribution in [0.2, 0.25) is 0 Å². The molecule has 7 nitrogen and oxygen atoms in total. The van der Waals surface area contributed by atoms with Gasteiger partial charge in [-0.25, -0.2) is 4.79 Å². The summed E-state index contributed by atoms with van der Waals surface area (Å²) in [7, 11) is 0. The van der Waals surface area contributed by atoms with Crippen molar-refractivity contribution in [3.05, 3.63) is 0 Å². The van der Waals surface area contributed by atoms with E-state index in [0.717, 1.165) is 0 Å². The summed E-state index contributed by atoms with van der Waals surface area (Å²) in [5, 5.41) is 19.2. The van der Waals surface area contributed by atoms with Gasteiger partial charge in [-0.15, -0.1) is 0 Å². The first-order valence-corrected chi connectivity index (χ1v) is 4.76. The molecular formula is C9H16N2O5. The smallest absolute Gasteiger partial charge is 0.326 e. The summed E-state index contributed by atoms with van der Waals surface area (Å²) >= 11 is 0. The van der Waals surface area contributed by atoms with Crippen LogP contribution in [0.4, 0.5) is 0 Å². The van der Waals surface area contributed by atoms with Crippen molar-refractivity contribution >= 4 is 17.8 Å². The van der Waals surface area contributed by atoms with Gasteiger partial charge in [0, 0.05) is 0 Å². The zero-order chi connectivity index (χ0) is 12.9. The number of amides is 1. The SMILES string of the molecule is CC(C)C(N)C(=O)N[C@H](CC(=O)O)C(=O)O. The van der Waals surface area contributed by atoms with Gasteiger partial charge in [0.2, 0.25) is 5.91 Å². The monoisotopic (exact) mass is 232 g/mol. The zero-order valence-electron chi connectivity index (χ0n) is 9.14. The summed E-state index contributed by atoms with van der Waals surface area (Å²) in [6.45, 7) is 3.41. The molecule has 0 radical (unpaired) electrons. The van der Waals surface area contributed by atoms with E-state index in [1.807, 2.05) is 0 Å². The maximum atomic E-state index is 11.4. The molecule has 16 heavy (non-hydrogen) atoms. The van der Waals surface area contributed by atoms with Gasteiger partial charge in [0.1, 0.15) is 6.04 Å². The van der Waals surface area contributed by atoms with Crippen molar-refractivity contribution in [3.63, 3.8) is 0 Å². The van der Waals surface area contributed by atoms with Gasteiger partial charge in [0.15, 0.2) is 0 Å². The lowest BCUT2D eigenvalue weighted by Crippen LogP contribution is -2.50. The molecular weight excluding hydrogens is 216 g/mol. The molecule has 0 rings (SSSR count). The number of hydrogen-bond donors (Lipinski definition) is 4. The Morgan fingerprint density at radius 1 is 1.25 bits per heavy atom. The van der Waals surface area contributed by atoms with Crippen molar-refractivity contribution in [2.45, 2.75) is 32.4 Å². The van der Waals surface area contributed by atoms with E-state index in [4.69, 9.17) is 15.9 Å². The fourth-order valence-electron chi connectivity index (χ4n) is 0.945. The van der Waals surface area contributed by atoms with Crippen LogP contribution in [0.5, 0.6) is 0 Å². The molecule has 5 N–H and O–H groups in total. The van der Waals surface area contributed by atoms with Gasteiger partial charge in [-0.1, -0.05) is 13.8 Å². The maximum Gasteiger partial charge on any atom is 0.326 e. The second-order valence-corrected chi connectivity index (χ2v) is 3.77. The van der Waals surface area contributed by atoms with Gasteiger partial charge in [-0.3, -0.25) is 9.59 Å². The van der Waals surface area contributed by atoms with Gasteiger partial charge >= 0.3 is 11.9 Å². The Morgan fingerprint density at radius 3 is 2.06 bits per heavy atom. The molecule has 0 aromatic heterocycles. The Kier molecular flexibility index (Phi) is 5.44. The molecule has 0 heterocycles. The lowest BCUT2D eigenvalue weighted by molar-refractivity contribution is -0.147. The van der Waals surface area contributed by atoms with E-state index in [2.05, 4.69) is 5.32 Å². The van der Waals surface area contributed by atoms with Crippen LogP contribution in [-0.2, 0) is 14.4 Å². The van der Waals surface area contributed by atoms with E-state index in [9.17, 15) is 14.4 Å². The van der Waals surface area contributed by atoms with E-state index >= 15 is 0 Å². The first-order chi connectivity index (χ1) is 7.25. The van der Waals surface area contributed by atoms with Crippen molar-refractivity contribution in [1.82, 2.24) is 5.32 Å². The van der Waals surface area contributed by atoms with Crippen LogP contribution in [0.25, 0.3) is 0 Å². The summed E-state index contributed by atoms with van der Waals surface area (Å²) in [6, 6.07) is -2.30. The van der Waals surface area contributed by atoms with Crippen molar-refractivity contribution in [2.24, 2.45) is 11.7 Å². The van der Waals surface area contributed by atoms with E-state index in [1.165, 1.54) is 0 Å². The number of nitrogens with two attached hydrogens (primary N) is 1. The van der Waals surface area contributed by atoms with Gasteiger partial charge < -0.3 is 21.3 Å². The standard InChI is InChI=1S/C9H16N2O5/c1-4(2)7(10)8(14)11-5(9(15)16)3-6(12)13/h4-5,7H,3,10H2,1-2H3,(H,11,14)(H,12,13)(H,15,16)/t5-,7?/m1/s1. The molecule has 0 aromatic rings. The first-order valence-electron chi connectivity index (χ1n) is 4.76. The molecule has 7 heteroatoms. The molecule has 0 aliphatic heterocycles. The highest BCUT2D eigenvalue weighted by Crippen LogP contribution is 2.00. The zero-order valence-corrected chi connectivity index (χ0v) is 9.14. The average Bonchev–Trinajstić information content (AvgIpc) is 2.14. The highest BCUT2D eigenvalue weighted by atomic mass is 16.4. The van der Waals surface area contributed by atoms with E-state index < -0.39 is 36.4 Å². The van der Waals surface area contributed by atoms with Crippen LogP contribution in [0, 0.1) is 5.92 Å². The quantitative estimate of drug-likeness (QED) is 0.465. The summed E-state index contributed by atoms with van der Waals surface area (Å²) in [5.74, 6) is -3.51. The molecule has 0 spiro atoms. The molecule has 0 aromatic carbocycles. The highest BCUT2D eigenvalue weighted by molar-refractivity contribution is 5.89.